The Hall–Kier alpha value is -3.14. The van der Waals surface area contributed by atoms with E-state index in [1.54, 1.807) is 0 Å². The van der Waals surface area contributed by atoms with E-state index in [9.17, 15) is 4.79 Å². The number of imidazole rings is 1. The fourth-order valence-corrected chi connectivity index (χ4v) is 4.33. The molecule has 0 spiro atoms. The molecule has 28 heavy (non-hydrogen) atoms. The summed E-state index contributed by atoms with van der Waals surface area (Å²) in [5.74, 6) is 0.196. The van der Waals surface area contributed by atoms with Gasteiger partial charge in [0.2, 0.25) is 5.91 Å². The number of hydrogen-bond acceptors (Lipinski definition) is 2. The first kappa shape index (κ1) is 17.0. The first-order chi connectivity index (χ1) is 13.7. The highest BCUT2D eigenvalue weighted by molar-refractivity contribution is 5.95. The molecule has 2 aromatic carbocycles. The third kappa shape index (κ3) is 2.85. The molecule has 0 fully saturated rings. The van der Waals surface area contributed by atoms with Crippen molar-refractivity contribution < 1.29 is 4.79 Å². The molecule has 0 aliphatic carbocycles. The molecule has 140 valence electrons. The molecule has 1 aliphatic heterocycles. The second-order valence-electron chi connectivity index (χ2n) is 7.70. The minimum atomic E-state index is -0.0120. The Balaban J connectivity index is 1.39. The van der Waals surface area contributed by atoms with Crippen molar-refractivity contribution in [3.63, 3.8) is 0 Å². The summed E-state index contributed by atoms with van der Waals surface area (Å²) < 4.78 is 4.11. The van der Waals surface area contributed by atoms with Gasteiger partial charge in [0.15, 0.2) is 0 Å². The summed E-state index contributed by atoms with van der Waals surface area (Å²) in [6.07, 6.45) is 4.44. The maximum Gasteiger partial charge on any atom is 0.234 e. The highest BCUT2D eigenvalue weighted by Crippen LogP contribution is 2.30. The lowest BCUT2D eigenvalue weighted by Gasteiger charge is -2.23. The average Bonchev–Trinajstić information content (AvgIpc) is 3.26. The van der Waals surface area contributed by atoms with E-state index < -0.39 is 0 Å². The van der Waals surface area contributed by atoms with Crippen molar-refractivity contribution in [1.82, 2.24) is 14.1 Å². The molecule has 4 heteroatoms. The first-order valence-corrected chi connectivity index (χ1v) is 9.89. The van der Waals surface area contributed by atoms with Gasteiger partial charge in [-0.3, -0.25) is 9.36 Å². The summed E-state index contributed by atoms with van der Waals surface area (Å²) in [5.41, 5.74) is 5.60. The average molecular weight is 369 g/mol. The van der Waals surface area contributed by atoms with E-state index in [1.807, 2.05) is 35.2 Å². The molecular formula is C24H23N3O. The van der Waals surface area contributed by atoms with Crippen LogP contribution in [0.15, 0.2) is 67.0 Å². The highest BCUT2D eigenvalue weighted by Gasteiger charge is 2.30. The molecule has 4 nitrogen and oxygen atoms in total. The van der Waals surface area contributed by atoms with Crippen molar-refractivity contribution in [1.29, 1.82) is 0 Å². The Morgan fingerprint density at radius 3 is 2.71 bits per heavy atom. The van der Waals surface area contributed by atoms with Gasteiger partial charge >= 0.3 is 0 Å². The Kier molecular flexibility index (Phi) is 4.12. The summed E-state index contributed by atoms with van der Waals surface area (Å²) in [4.78, 5) is 17.9. The molecule has 0 amide bonds. The molecule has 1 atom stereocenters. The van der Waals surface area contributed by atoms with Gasteiger partial charge in [0.1, 0.15) is 0 Å². The number of rotatable bonds is 4. The number of aryl methyl sites for hydroxylation is 1. The van der Waals surface area contributed by atoms with Crippen LogP contribution in [0.5, 0.6) is 0 Å². The summed E-state index contributed by atoms with van der Waals surface area (Å²) in [6, 6.07) is 20.7. The Bertz CT molecular complexity index is 1150. The Morgan fingerprint density at radius 1 is 1.07 bits per heavy atom. The van der Waals surface area contributed by atoms with Crippen LogP contribution < -0.4 is 0 Å². The minimum Gasteiger partial charge on any atom is -0.330 e. The van der Waals surface area contributed by atoms with Crippen LogP contribution in [0.25, 0.3) is 10.9 Å². The summed E-state index contributed by atoms with van der Waals surface area (Å²) >= 11 is 0. The van der Waals surface area contributed by atoms with Crippen molar-refractivity contribution in [3.05, 3.63) is 89.6 Å². The molecule has 0 saturated carbocycles. The predicted octanol–water partition coefficient (Wildman–Crippen LogP) is 4.64. The number of para-hydroxylation sites is 1. The topological polar surface area (TPSA) is 39.8 Å². The lowest BCUT2D eigenvalue weighted by atomic mass is 9.92. The number of nitrogens with zero attached hydrogens (tertiary/aromatic N) is 3. The quantitative estimate of drug-likeness (QED) is 0.526. The van der Waals surface area contributed by atoms with Gasteiger partial charge in [-0.25, -0.2) is 4.98 Å². The van der Waals surface area contributed by atoms with Crippen molar-refractivity contribution in [3.8, 4) is 0 Å². The molecule has 1 unspecified atom stereocenters. The van der Waals surface area contributed by atoms with Gasteiger partial charge in [-0.05, 0) is 37.5 Å². The molecule has 4 aromatic rings. The lowest BCUT2D eigenvalue weighted by molar-refractivity contribution is 0.0808. The summed E-state index contributed by atoms with van der Waals surface area (Å²) in [5, 5.41) is 1.15. The third-order valence-electron chi connectivity index (χ3n) is 5.94. The molecule has 0 N–H and O–H groups in total. The normalized spacial score (nSPS) is 16.5. The van der Waals surface area contributed by atoms with Crippen molar-refractivity contribution in [2.24, 2.45) is 5.92 Å². The van der Waals surface area contributed by atoms with E-state index in [-0.39, 0.29) is 11.8 Å². The summed E-state index contributed by atoms with van der Waals surface area (Å²) in [6.45, 7) is 2.92. The van der Waals surface area contributed by atoms with E-state index in [0.717, 1.165) is 47.4 Å². The maximum atomic E-state index is 13.2. The van der Waals surface area contributed by atoms with E-state index >= 15 is 0 Å². The van der Waals surface area contributed by atoms with Crippen LogP contribution in [0.4, 0.5) is 0 Å². The van der Waals surface area contributed by atoms with Crippen molar-refractivity contribution >= 4 is 16.8 Å². The molecule has 2 aromatic heterocycles. The molecule has 0 bridgehead atoms. The van der Waals surface area contributed by atoms with Crippen LogP contribution in [0, 0.1) is 12.8 Å². The molecule has 5 rings (SSSR count). The standard InChI is InChI=1S/C24H23N3O/c1-17-22(25-16-26(17)15-18-7-3-2-4-8-18)14-20-11-12-21-13-19-9-5-6-10-23(19)27(21)24(20)28/h2-10,13,16,20H,11-12,14-15H2,1H3. The zero-order valence-electron chi connectivity index (χ0n) is 16.0. The zero-order valence-corrected chi connectivity index (χ0v) is 16.0. The predicted molar refractivity (Wildman–Crippen MR) is 111 cm³/mol. The van der Waals surface area contributed by atoms with E-state index in [0.29, 0.717) is 6.42 Å². The maximum absolute atomic E-state index is 13.2. The number of carbonyl (C=O) groups is 1. The van der Waals surface area contributed by atoms with E-state index in [1.165, 1.54) is 5.56 Å². The Labute approximate surface area is 164 Å². The molecule has 0 saturated heterocycles. The number of hydrogen-bond donors (Lipinski definition) is 0. The second kappa shape index (κ2) is 6.79. The van der Waals surface area contributed by atoms with Gasteiger partial charge in [-0.15, -0.1) is 0 Å². The molecule has 3 heterocycles. The number of aromatic nitrogens is 3. The van der Waals surface area contributed by atoms with Crippen LogP contribution >= 0.6 is 0 Å². The van der Waals surface area contributed by atoms with Gasteiger partial charge in [-0.1, -0.05) is 48.5 Å². The first-order valence-electron chi connectivity index (χ1n) is 9.89. The SMILES string of the molecule is Cc1c(CC2CCc3cc4ccccc4n3C2=O)ncn1Cc1ccccc1. The van der Waals surface area contributed by atoms with Crippen LogP contribution in [-0.2, 0) is 19.4 Å². The van der Waals surface area contributed by atoms with Crippen LogP contribution in [-0.4, -0.2) is 20.0 Å². The van der Waals surface area contributed by atoms with Crippen LogP contribution in [0.1, 0.15) is 33.9 Å². The third-order valence-corrected chi connectivity index (χ3v) is 5.94. The van der Waals surface area contributed by atoms with E-state index in [4.69, 9.17) is 0 Å². The van der Waals surface area contributed by atoms with Crippen LogP contribution in [0.2, 0.25) is 0 Å². The summed E-state index contributed by atoms with van der Waals surface area (Å²) in [7, 11) is 0. The van der Waals surface area contributed by atoms with Crippen LogP contribution in [0.3, 0.4) is 0 Å². The number of fused-ring (bicyclic) bond motifs is 3. The largest absolute Gasteiger partial charge is 0.330 e. The van der Waals surface area contributed by atoms with Gasteiger partial charge in [0.25, 0.3) is 0 Å². The molecule has 1 aliphatic rings. The van der Waals surface area contributed by atoms with Crippen molar-refractivity contribution in [2.75, 3.05) is 0 Å². The van der Waals surface area contributed by atoms with Gasteiger partial charge in [0.05, 0.1) is 17.5 Å². The number of carbonyl (C=O) groups excluding carboxylic acids is 1. The van der Waals surface area contributed by atoms with E-state index in [2.05, 4.69) is 52.9 Å². The van der Waals surface area contributed by atoms with Crippen molar-refractivity contribution in [2.45, 2.75) is 32.7 Å². The van der Waals surface area contributed by atoms with Gasteiger partial charge < -0.3 is 4.57 Å². The smallest absolute Gasteiger partial charge is 0.234 e. The number of benzene rings is 2. The monoisotopic (exact) mass is 369 g/mol. The Morgan fingerprint density at radius 2 is 1.86 bits per heavy atom. The fourth-order valence-electron chi connectivity index (χ4n) is 4.33. The fraction of sp³-hybridized carbons (Fsp3) is 0.250. The molecular weight excluding hydrogens is 346 g/mol. The molecule has 0 radical (unpaired) electrons. The lowest BCUT2D eigenvalue weighted by Crippen LogP contribution is -2.30. The zero-order chi connectivity index (χ0) is 19.1. The van der Waals surface area contributed by atoms with Gasteiger partial charge in [0, 0.05) is 35.7 Å². The second-order valence-corrected chi connectivity index (χ2v) is 7.70. The van der Waals surface area contributed by atoms with Gasteiger partial charge in [-0.2, -0.15) is 0 Å². The highest BCUT2D eigenvalue weighted by atomic mass is 16.2. The minimum absolute atomic E-state index is 0.0120.